The molecule has 0 spiro atoms. The number of aryl methyl sites for hydroxylation is 1. The first-order chi connectivity index (χ1) is 9.95. The number of rotatable bonds is 5. The minimum atomic E-state index is 0.0280. The Morgan fingerprint density at radius 2 is 2.29 bits per heavy atom. The Morgan fingerprint density at radius 3 is 2.90 bits per heavy atom. The van der Waals surface area contributed by atoms with Gasteiger partial charge in [0.2, 0.25) is 11.8 Å². The van der Waals surface area contributed by atoms with Gasteiger partial charge in [0, 0.05) is 32.5 Å². The summed E-state index contributed by atoms with van der Waals surface area (Å²) in [4.78, 5) is 25.0. The Kier molecular flexibility index (Phi) is 5.90. The molecule has 2 amide bonds. The fraction of sp³-hybridized carbons (Fsp3) is 0.571. The molecule has 0 aliphatic carbocycles. The maximum absolute atomic E-state index is 11.9. The quantitative estimate of drug-likeness (QED) is 0.888. The van der Waals surface area contributed by atoms with E-state index in [0.717, 1.165) is 24.8 Å². The summed E-state index contributed by atoms with van der Waals surface area (Å²) in [6.45, 7) is 0.594. The van der Waals surface area contributed by atoms with E-state index in [1.54, 1.807) is 11.9 Å². The lowest BCUT2D eigenvalue weighted by atomic mass is 10.1. The summed E-state index contributed by atoms with van der Waals surface area (Å²) in [7, 11) is 1.77. The van der Waals surface area contributed by atoms with Crippen molar-refractivity contribution in [1.29, 1.82) is 0 Å². The first-order valence-electron chi connectivity index (χ1n) is 6.92. The molecule has 1 N–H and O–H groups in total. The van der Waals surface area contributed by atoms with E-state index in [1.807, 2.05) is 6.07 Å². The summed E-state index contributed by atoms with van der Waals surface area (Å²) in [5.41, 5.74) is 1.00. The largest absolute Gasteiger partial charge is 0.352 e. The summed E-state index contributed by atoms with van der Waals surface area (Å²) in [6.07, 6.45) is 3.17. The number of amides is 2. The van der Waals surface area contributed by atoms with Crippen molar-refractivity contribution >= 4 is 46.4 Å². The van der Waals surface area contributed by atoms with Crippen LogP contribution in [0.25, 0.3) is 0 Å². The molecule has 7 heteroatoms. The SMILES string of the molecule is CN1C[C@@H](NC(=O)CCCc2cc(Cl)sc2Cl)CCC1=O. The van der Waals surface area contributed by atoms with Crippen molar-refractivity contribution in [1.82, 2.24) is 10.2 Å². The van der Waals surface area contributed by atoms with E-state index < -0.39 is 0 Å². The van der Waals surface area contributed by atoms with Gasteiger partial charge in [-0.25, -0.2) is 0 Å². The molecule has 0 saturated carbocycles. The second-order valence-corrected chi connectivity index (χ2v) is 7.57. The van der Waals surface area contributed by atoms with Crippen molar-refractivity contribution in [2.24, 2.45) is 0 Å². The zero-order chi connectivity index (χ0) is 15.4. The molecule has 21 heavy (non-hydrogen) atoms. The molecule has 0 unspecified atom stereocenters. The van der Waals surface area contributed by atoms with Gasteiger partial charge in [-0.05, 0) is 30.9 Å². The van der Waals surface area contributed by atoms with Crippen LogP contribution < -0.4 is 5.32 Å². The summed E-state index contributed by atoms with van der Waals surface area (Å²) < 4.78 is 1.38. The topological polar surface area (TPSA) is 49.4 Å². The summed E-state index contributed by atoms with van der Waals surface area (Å²) >= 11 is 13.3. The molecule has 4 nitrogen and oxygen atoms in total. The lowest BCUT2D eigenvalue weighted by molar-refractivity contribution is -0.134. The van der Waals surface area contributed by atoms with Crippen LogP contribution >= 0.6 is 34.5 Å². The Hall–Kier alpha value is -0.780. The van der Waals surface area contributed by atoms with E-state index in [0.29, 0.717) is 28.1 Å². The van der Waals surface area contributed by atoms with Gasteiger partial charge in [0.1, 0.15) is 0 Å². The van der Waals surface area contributed by atoms with Crippen molar-refractivity contribution in [3.63, 3.8) is 0 Å². The molecule has 2 rings (SSSR count). The highest BCUT2D eigenvalue weighted by molar-refractivity contribution is 7.20. The minimum absolute atomic E-state index is 0.0280. The number of thiophene rings is 1. The number of carbonyl (C=O) groups is 2. The van der Waals surface area contributed by atoms with Crippen LogP contribution in [-0.4, -0.2) is 36.3 Å². The Morgan fingerprint density at radius 1 is 1.52 bits per heavy atom. The number of hydrogen-bond acceptors (Lipinski definition) is 3. The van der Waals surface area contributed by atoms with Gasteiger partial charge in [-0.1, -0.05) is 23.2 Å². The standard InChI is InChI=1S/C14H18Cl2N2O2S/c1-18-8-10(5-6-13(18)20)17-12(19)4-2-3-9-7-11(15)21-14(9)16/h7,10H,2-6,8H2,1H3,(H,17,19)/t10-/m0/s1. The maximum atomic E-state index is 11.9. The van der Waals surface area contributed by atoms with Crippen LogP contribution in [0.5, 0.6) is 0 Å². The van der Waals surface area contributed by atoms with Crippen LogP contribution in [0.15, 0.2) is 6.07 Å². The fourth-order valence-electron chi connectivity index (χ4n) is 2.41. The molecule has 1 saturated heterocycles. The second kappa shape index (κ2) is 7.47. The summed E-state index contributed by atoms with van der Waals surface area (Å²) in [6, 6.07) is 1.92. The van der Waals surface area contributed by atoms with Crippen LogP contribution in [0.1, 0.15) is 31.2 Å². The summed E-state index contributed by atoms with van der Waals surface area (Å²) in [5, 5.41) is 2.99. The van der Waals surface area contributed by atoms with E-state index >= 15 is 0 Å². The second-order valence-electron chi connectivity index (χ2n) is 5.28. The van der Waals surface area contributed by atoms with E-state index in [9.17, 15) is 9.59 Å². The third kappa shape index (κ3) is 4.87. The van der Waals surface area contributed by atoms with Gasteiger partial charge < -0.3 is 10.2 Å². The molecular weight excluding hydrogens is 331 g/mol. The van der Waals surface area contributed by atoms with E-state index in [1.165, 1.54) is 11.3 Å². The average Bonchev–Trinajstić information content (AvgIpc) is 2.72. The van der Waals surface area contributed by atoms with Crippen molar-refractivity contribution in [3.05, 3.63) is 20.3 Å². The number of likely N-dealkylation sites (tertiary alicyclic amines) is 1. The molecule has 1 fully saturated rings. The van der Waals surface area contributed by atoms with Gasteiger partial charge in [0.25, 0.3) is 0 Å². The Bertz CT molecular complexity index is 533. The van der Waals surface area contributed by atoms with Crippen LogP contribution in [-0.2, 0) is 16.0 Å². The zero-order valence-electron chi connectivity index (χ0n) is 11.8. The highest BCUT2D eigenvalue weighted by Gasteiger charge is 2.23. The van der Waals surface area contributed by atoms with Gasteiger partial charge in [-0.3, -0.25) is 9.59 Å². The Labute approximate surface area is 138 Å². The number of likely N-dealkylation sites (N-methyl/N-ethyl adjacent to an activating group) is 1. The molecule has 1 aromatic rings. The lowest BCUT2D eigenvalue weighted by Crippen LogP contribution is -2.48. The van der Waals surface area contributed by atoms with Gasteiger partial charge in [-0.2, -0.15) is 0 Å². The molecule has 1 aliphatic heterocycles. The third-order valence-electron chi connectivity index (χ3n) is 3.57. The third-order valence-corrected chi connectivity index (χ3v) is 5.14. The molecule has 0 bridgehead atoms. The van der Waals surface area contributed by atoms with Gasteiger partial charge in [0.05, 0.1) is 8.67 Å². The number of carbonyl (C=O) groups excluding carboxylic acids is 2. The molecule has 0 radical (unpaired) electrons. The molecule has 1 aliphatic rings. The predicted molar refractivity (Wildman–Crippen MR) is 86.1 cm³/mol. The first kappa shape index (κ1) is 16.6. The average molecular weight is 349 g/mol. The molecule has 116 valence electrons. The molecular formula is C14H18Cl2N2O2S. The number of halogens is 2. The molecule has 2 heterocycles. The molecule has 0 aromatic carbocycles. The van der Waals surface area contributed by atoms with Gasteiger partial charge >= 0.3 is 0 Å². The fourth-order valence-corrected chi connectivity index (χ4v) is 3.96. The van der Waals surface area contributed by atoms with Crippen LogP contribution in [0.4, 0.5) is 0 Å². The summed E-state index contributed by atoms with van der Waals surface area (Å²) in [5.74, 6) is 0.171. The van der Waals surface area contributed by atoms with Gasteiger partial charge in [-0.15, -0.1) is 11.3 Å². The predicted octanol–water partition coefficient (Wildman–Crippen LogP) is 3.11. The highest BCUT2D eigenvalue weighted by Crippen LogP contribution is 2.32. The van der Waals surface area contributed by atoms with Crippen molar-refractivity contribution in [3.8, 4) is 0 Å². The van der Waals surface area contributed by atoms with E-state index in [4.69, 9.17) is 23.2 Å². The lowest BCUT2D eigenvalue weighted by Gasteiger charge is -2.30. The number of nitrogens with one attached hydrogen (secondary N) is 1. The molecule has 1 aromatic heterocycles. The van der Waals surface area contributed by atoms with Crippen molar-refractivity contribution in [2.45, 2.75) is 38.1 Å². The normalized spacial score (nSPS) is 18.9. The Balaban J connectivity index is 1.70. The van der Waals surface area contributed by atoms with E-state index in [2.05, 4.69) is 5.32 Å². The van der Waals surface area contributed by atoms with Crippen LogP contribution in [0, 0.1) is 0 Å². The number of piperidine rings is 1. The monoisotopic (exact) mass is 348 g/mol. The number of hydrogen-bond donors (Lipinski definition) is 1. The highest BCUT2D eigenvalue weighted by atomic mass is 35.5. The molecule has 1 atom stereocenters. The zero-order valence-corrected chi connectivity index (χ0v) is 14.2. The minimum Gasteiger partial charge on any atom is -0.352 e. The first-order valence-corrected chi connectivity index (χ1v) is 8.50. The van der Waals surface area contributed by atoms with Crippen molar-refractivity contribution < 1.29 is 9.59 Å². The van der Waals surface area contributed by atoms with Crippen molar-refractivity contribution in [2.75, 3.05) is 13.6 Å². The maximum Gasteiger partial charge on any atom is 0.222 e. The van der Waals surface area contributed by atoms with E-state index in [-0.39, 0.29) is 17.9 Å². The van der Waals surface area contributed by atoms with Gasteiger partial charge in [0.15, 0.2) is 0 Å². The van der Waals surface area contributed by atoms with Crippen LogP contribution in [0.3, 0.4) is 0 Å². The number of nitrogens with zero attached hydrogens (tertiary/aromatic N) is 1. The smallest absolute Gasteiger partial charge is 0.222 e. The van der Waals surface area contributed by atoms with Crippen LogP contribution in [0.2, 0.25) is 8.67 Å².